The van der Waals surface area contributed by atoms with Crippen LogP contribution < -0.4 is 9.62 Å². The van der Waals surface area contributed by atoms with E-state index in [0.717, 1.165) is 30.3 Å². The Morgan fingerprint density at radius 1 is 1.20 bits per heavy atom. The molecule has 0 heterocycles. The number of nitrogens with one attached hydrogen (secondary N) is 1. The van der Waals surface area contributed by atoms with Crippen molar-refractivity contribution in [1.82, 2.24) is 10.2 Å². The molecule has 0 bridgehead atoms. The highest BCUT2D eigenvalue weighted by molar-refractivity contribution is 7.92. The van der Waals surface area contributed by atoms with Gasteiger partial charge >= 0.3 is 0 Å². The number of anilines is 1. The van der Waals surface area contributed by atoms with Crippen molar-refractivity contribution in [3.63, 3.8) is 0 Å². The molecule has 0 unspecified atom stereocenters. The van der Waals surface area contributed by atoms with Crippen LogP contribution in [0.5, 0.6) is 0 Å². The van der Waals surface area contributed by atoms with E-state index < -0.39 is 16.1 Å². The van der Waals surface area contributed by atoms with Gasteiger partial charge in [-0.3, -0.25) is 9.10 Å². The molecule has 0 aliphatic rings. The van der Waals surface area contributed by atoms with Gasteiger partial charge in [0, 0.05) is 6.54 Å². The summed E-state index contributed by atoms with van der Waals surface area (Å²) in [5.41, 5.74) is 2.60. The van der Waals surface area contributed by atoms with E-state index in [1.54, 1.807) is 6.07 Å². The number of hydrogen-bond acceptors (Lipinski definition) is 4. The van der Waals surface area contributed by atoms with E-state index in [0.29, 0.717) is 18.7 Å². The minimum atomic E-state index is -3.58. The molecule has 1 aromatic rings. The molecular weight excluding hydrogens is 338 g/mol. The van der Waals surface area contributed by atoms with Gasteiger partial charge < -0.3 is 10.2 Å². The topological polar surface area (TPSA) is 69.7 Å². The predicted molar refractivity (Wildman–Crippen MR) is 103 cm³/mol. The first-order chi connectivity index (χ1) is 11.6. The van der Waals surface area contributed by atoms with Gasteiger partial charge in [-0.15, -0.1) is 0 Å². The van der Waals surface area contributed by atoms with Crippen LogP contribution >= 0.6 is 0 Å². The zero-order valence-corrected chi connectivity index (χ0v) is 17.0. The van der Waals surface area contributed by atoms with E-state index >= 15 is 0 Å². The maximum atomic E-state index is 12.6. The van der Waals surface area contributed by atoms with Crippen molar-refractivity contribution in [1.29, 1.82) is 0 Å². The molecule has 1 rings (SSSR count). The Balaban J connectivity index is 3.02. The maximum Gasteiger partial charge on any atom is 0.243 e. The summed E-state index contributed by atoms with van der Waals surface area (Å²) in [5.74, 6) is -0.259. The third-order valence-corrected chi connectivity index (χ3v) is 5.34. The molecule has 1 amide bonds. The number of sulfonamides is 1. The van der Waals surface area contributed by atoms with Crippen molar-refractivity contribution < 1.29 is 13.2 Å². The Hall–Kier alpha value is -1.60. The van der Waals surface area contributed by atoms with Crippen LogP contribution in [-0.4, -0.2) is 58.7 Å². The molecule has 0 radical (unpaired) electrons. The summed E-state index contributed by atoms with van der Waals surface area (Å²) >= 11 is 0. The van der Waals surface area contributed by atoms with E-state index in [1.807, 2.05) is 51.9 Å². The zero-order valence-electron chi connectivity index (χ0n) is 16.2. The molecule has 0 aromatic heterocycles. The molecule has 0 fully saturated rings. The SMILES string of the molecule is CC[C@@H](C(=O)NCCCN(C)C)N(c1ccc(C)c(C)c1)S(C)(=O)=O. The van der Waals surface area contributed by atoms with Gasteiger partial charge in [0.15, 0.2) is 0 Å². The van der Waals surface area contributed by atoms with Gasteiger partial charge in [0.1, 0.15) is 6.04 Å². The summed E-state index contributed by atoms with van der Waals surface area (Å²) in [4.78, 5) is 14.6. The summed E-state index contributed by atoms with van der Waals surface area (Å²) < 4.78 is 26.0. The van der Waals surface area contributed by atoms with Crippen LogP contribution in [-0.2, 0) is 14.8 Å². The molecule has 0 aliphatic carbocycles. The summed E-state index contributed by atoms with van der Waals surface area (Å²) in [6.07, 6.45) is 2.36. The number of aryl methyl sites for hydroxylation is 2. The smallest absolute Gasteiger partial charge is 0.243 e. The highest BCUT2D eigenvalue weighted by atomic mass is 32.2. The second-order valence-corrected chi connectivity index (χ2v) is 8.56. The Morgan fingerprint density at radius 3 is 2.32 bits per heavy atom. The molecule has 0 saturated heterocycles. The van der Waals surface area contributed by atoms with Crippen molar-refractivity contribution in [2.75, 3.05) is 37.7 Å². The molecular formula is C18H31N3O3S. The van der Waals surface area contributed by atoms with Crippen LogP contribution in [0, 0.1) is 13.8 Å². The highest BCUT2D eigenvalue weighted by Crippen LogP contribution is 2.25. The second kappa shape index (κ2) is 9.20. The van der Waals surface area contributed by atoms with Gasteiger partial charge in [0.25, 0.3) is 0 Å². The fraction of sp³-hybridized carbons (Fsp3) is 0.611. The molecule has 1 aromatic carbocycles. The standard InChI is InChI=1S/C18H31N3O3S/c1-7-17(18(22)19-11-8-12-20(4)5)21(25(6,23)24)16-10-9-14(2)15(3)13-16/h9-10,13,17H,7-8,11-12H2,1-6H3,(H,19,22)/t17-/m0/s1. The molecule has 0 spiro atoms. The number of carbonyl (C=O) groups is 1. The first kappa shape index (κ1) is 21.4. The third kappa shape index (κ3) is 6.32. The molecule has 1 atom stereocenters. The largest absolute Gasteiger partial charge is 0.354 e. The third-order valence-electron chi connectivity index (χ3n) is 4.16. The molecule has 142 valence electrons. The second-order valence-electron chi connectivity index (χ2n) is 6.70. The van der Waals surface area contributed by atoms with Gasteiger partial charge in [-0.2, -0.15) is 0 Å². The van der Waals surface area contributed by atoms with Crippen molar-refractivity contribution in [2.45, 2.75) is 39.7 Å². The van der Waals surface area contributed by atoms with Crippen LogP contribution in [0.15, 0.2) is 18.2 Å². The van der Waals surface area contributed by atoms with Gasteiger partial charge in [-0.25, -0.2) is 8.42 Å². The van der Waals surface area contributed by atoms with Crippen molar-refractivity contribution in [3.05, 3.63) is 29.3 Å². The predicted octanol–water partition coefficient (Wildman–Crippen LogP) is 1.92. The summed E-state index contributed by atoms with van der Waals surface area (Å²) in [6.45, 7) is 7.12. The van der Waals surface area contributed by atoms with Crippen molar-refractivity contribution in [2.24, 2.45) is 0 Å². The Labute approximate surface area is 152 Å². The quantitative estimate of drug-likeness (QED) is 0.675. The first-order valence-corrected chi connectivity index (χ1v) is 10.4. The average Bonchev–Trinajstić information content (AvgIpc) is 2.50. The number of amides is 1. The minimum absolute atomic E-state index is 0.259. The lowest BCUT2D eigenvalue weighted by molar-refractivity contribution is -0.122. The fourth-order valence-electron chi connectivity index (χ4n) is 2.65. The lowest BCUT2D eigenvalue weighted by atomic mass is 10.1. The van der Waals surface area contributed by atoms with Gasteiger partial charge in [0.2, 0.25) is 15.9 Å². The lowest BCUT2D eigenvalue weighted by Gasteiger charge is -2.30. The van der Waals surface area contributed by atoms with Gasteiger partial charge in [-0.05, 0) is 70.6 Å². The van der Waals surface area contributed by atoms with E-state index in [9.17, 15) is 13.2 Å². The minimum Gasteiger partial charge on any atom is -0.354 e. The molecule has 0 saturated carbocycles. The maximum absolute atomic E-state index is 12.6. The number of nitrogens with zero attached hydrogens (tertiary/aromatic N) is 2. The Morgan fingerprint density at radius 2 is 1.84 bits per heavy atom. The van der Waals surface area contributed by atoms with Crippen LogP contribution in [0.2, 0.25) is 0 Å². The Bertz CT molecular complexity index is 687. The molecule has 6 nitrogen and oxygen atoms in total. The first-order valence-electron chi connectivity index (χ1n) is 8.57. The van der Waals surface area contributed by atoms with Crippen molar-refractivity contribution in [3.8, 4) is 0 Å². The molecule has 0 aliphatic heterocycles. The lowest BCUT2D eigenvalue weighted by Crippen LogP contribution is -2.49. The molecule has 25 heavy (non-hydrogen) atoms. The Kier molecular flexibility index (Phi) is 7.89. The van der Waals surface area contributed by atoms with E-state index in [-0.39, 0.29) is 5.91 Å². The fourth-order valence-corrected chi connectivity index (χ4v) is 3.85. The van der Waals surface area contributed by atoms with Crippen LogP contribution in [0.1, 0.15) is 30.9 Å². The highest BCUT2D eigenvalue weighted by Gasteiger charge is 2.31. The van der Waals surface area contributed by atoms with Crippen LogP contribution in [0.25, 0.3) is 0 Å². The number of carbonyl (C=O) groups excluding carboxylic acids is 1. The monoisotopic (exact) mass is 369 g/mol. The van der Waals surface area contributed by atoms with Gasteiger partial charge in [0.05, 0.1) is 11.9 Å². The number of benzene rings is 1. The molecule has 7 heteroatoms. The summed E-state index contributed by atoms with van der Waals surface area (Å²) in [5, 5.41) is 2.87. The van der Waals surface area contributed by atoms with E-state index in [4.69, 9.17) is 0 Å². The normalized spacial score (nSPS) is 12.9. The van der Waals surface area contributed by atoms with E-state index in [1.165, 1.54) is 4.31 Å². The van der Waals surface area contributed by atoms with Gasteiger partial charge in [-0.1, -0.05) is 13.0 Å². The zero-order chi connectivity index (χ0) is 19.2. The molecule has 1 N–H and O–H groups in total. The number of hydrogen-bond donors (Lipinski definition) is 1. The summed E-state index contributed by atoms with van der Waals surface area (Å²) in [7, 11) is 0.364. The van der Waals surface area contributed by atoms with Crippen LogP contribution in [0.4, 0.5) is 5.69 Å². The van der Waals surface area contributed by atoms with Crippen molar-refractivity contribution >= 4 is 21.6 Å². The average molecular weight is 370 g/mol. The van der Waals surface area contributed by atoms with E-state index in [2.05, 4.69) is 5.32 Å². The van der Waals surface area contributed by atoms with Crippen LogP contribution in [0.3, 0.4) is 0 Å². The number of rotatable bonds is 9. The summed E-state index contributed by atoms with van der Waals surface area (Å²) in [6, 6.07) is 4.70.